The fourth-order valence-electron chi connectivity index (χ4n) is 3.25. The van der Waals surface area contributed by atoms with E-state index in [1.165, 1.54) is 6.92 Å². The minimum Gasteiger partial charge on any atom is -0.357 e. The number of hydrogen-bond acceptors (Lipinski definition) is 3. The lowest BCUT2D eigenvalue weighted by Gasteiger charge is -2.40. The van der Waals surface area contributed by atoms with Gasteiger partial charge in [-0.2, -0.15) is 0 Å². The Morgan fingerprint density at radius 2 is 2.27 bits per heavy atom. The lowest BCUT2D eigenvalue weighted by molar-refractivity contribution is -0.120. The van der Waals surface area contributed by atoms with E-state index >= 15 is 0 Å². The Morgan fingerprint density at radius 1 is 1.45 bits per heavy atom. The molecule has 1 atom stereocenters. The molecule has 2 rings (SSSR count). The average molecular weight is 309 g/mol. The maximum absolute atomic E-state index is 11.6. The molecule has 2 heterocycles. The van der Waals surface area contributed by atoms with Crippen molar-refractivity contribution in [3.63, 3.8) is 0 Å². The van der Waals surface area contributed by atoms with E-state index in [-0.39, 0.29) is 17.2 Å². The minimum absolute atomic E-state index is 0.0346. The van der Waals surface area contributed by atoms with Crippen LogP contribution in [0.3, 0.4) is 0 Å². The Kier molecular flexibility index (Phi) is 5.63. The van der Waals surface area contributed by atoms with E-state index in [2.05, 4.69) is 25.8 Å². The first-order valence-electron chi connectivity index (χ1n) is 8.09. The fourth-order valence-corrected chi connectivity index (χ4v) is 3.25. The molecular weight excluding hydrogens is 282 g/mol. The molecule has 1 unspecified atom stereocenters. The Hall–Kier alpha value is -1.79. The van der Waals surface area contributed by atoms with Gasteiger partial charge in [0.1, 0.15) is 0 Å². The van der Waals surface area contributed by atoms with Crippen LogP contribution in [0.25, 0.3) is 0 Å². The number of hydrogen-bond donors (Lipinski definition) is 3. The second kappa shape index (κ2) is 7.47. The number of guanidine groups is 1. The molecule has 0 aliphatic carbocycles. The number of aliphatic imine (C=N–C) groups is 1. The fraction of sp³-hybridized carbons (Fsp3) is 0.800. The quantitative estimate of drug-likeness (QED) is 0.378. The summed E-state index contributed by atoms with van der Waals surface area (Å²) in [6.45, 7) is 8.05. The van der Waals surface area contributed by atoms with Gasteiger partial charge in [0, 0.05) is 51.5 Å². The van der Waals surface area contributed by atoms with E-state index in [0.29, 0.717) is 19.5 Å². The highest BCUT2D eigenvalue weighted by molar-refractivity contribution is 5.81. The Labute approximate surface area is 131 Å². The van der Waals surface area contributed by atoms with Crippen LogP contribution in [0, 0.1) is 5.41 Å². The zero-order valence-corrected chi connectivity index (χ0v) is 13.6. The van der Waals surface area contributed by atoms with Gasteiger partial charge in [-0.3, -0.25) is 14.6 Å². The van der Waals surface area contributed by atoms with Crippen molar-refractivity contribution in [3.05, 3.63) is 0 Å². The third kappa shape index (κ3) is 4.35. The third-order valence-corrected chi connectivity index (χ3v) is 4.24. The van der Waals surface area contributed by atoms with Crippen molar-refractivity contribution in [1.29, 1.82) is 0 Å². The van der Waals surface area contributed by atoms with Gasteiger partial charge >= 0.3 is 0 Å². The monoisotopic (exact) mass is 309 g/mol. The largest absolute Gasteiger partial charge is 0.357 e. The van der Waals surface area contributed by atoms with E-state index < -0.39 is 0 Å². The van der Waals surface area contributed by atoms with E-state index in [1.807, 2.05) is 6.92 Å². The maximum Gasteiger partial charge on any atom is 0.220 e. The Bertz CT molecular complexity index is 451. The van der Waals surface area contributed by atoms with Gasteiger partial charge in [-0.1, -0.05) is 0 Å². The van der Waals surface area contributed by atoms with Crippen molar-refractivity contribution in [2.75, 3.05) is 39.3 Å². The van der Waals surface area contributed by atoms with E-state index in [0.717, 1.165) is 45.0 Å². The summed E-state index contributed by atoms with van der Waals surface area (Å²) in [5.74, 6) is 1.01. The summed E-state index contributed by atoms with van der Waals surface area (Å²) < 4.78 is 0. The molecule has 0 aromatic heterocycles. The predicted molar refractivity (Wildman–Crippen MR) is 85.5 cm³/mol. The zero-order valence-electron chi connectivity index (χ0n) is 13.6. The number of carbonyl (C=O) groups is 2. The summed E-state index contributed by atoms with van der Waals surface area (Å²) in [7, 11) is 0. The molecule has 2 saturated heterocycles. The molecule has 2 fully saturated rings. The molecule has 7 heteroatoms. The number of rotatable bonds is 4. The number of nitrogens with one attached hydrogen (secondary N) is 3. The van der Waals surface area contributed by atoms with Crippen LogP contribution in [0.4, 0.5) is 0 Å². The van der Waals surface area contributed by atoms with Crippen LogP contribution in [0.1, 0.15) is 33.1 Å². The zero-order chi connectivity index (χ0) is 16.0. The summed E-state index contributed by atoms with van der Waals surface area (Å²) in [6, 6.07) is 0. The van der Waals surface area contributed by atoms with Crippen molar-refractivity contribution in [3.8, 4) is 0 Å². The summed E-state index contributed by atoms with van der Waals surface area (Å²) >= 11 is 0. The van der Waals surface area contributed by atoms with Crippen molar-refractivity contribution < 1.29 is 9.59 Å². The van der Waals surface area contributed by atoms with Gasteiger partial charge in [0.2, 0.25) is 11.8 Å². The van der Waals surface area contributed by atoms with Crippen LogP contribution in [0.5, 0.6) is 0 Å². The predicted octanol–water partition coefficient (Wildman–Crippen LogP) is -0.310. The third-order valence-electron chi connectivity index (χ3n) is 4.24. The molecule has 2 amide bonds. The SMILES string of the molecule is CCNC(=NCCNC(C)=O)N1CCCC2(CNC(=O)C2)C1. The molecular formula is C15H27N5O2. The number of likely N-dealkylation sites (tertiary alicyclic amines) is 1. The summed E-state index contributed by atoms with van der Waals surface area (Å²) in [5.41, 5.74) is 0.0587. The van der Waals surface area contributed by atoms with Gasteiger partial charge in [0.25, 0.3) is 0 Å². The first-order valence-corrected chi connectivity index (χ1v) is 8.09. The van der Waals surface area contributed by atoms with Crippen molar-refractivity contribution in [2.45, 2.75) is 33.1 Å². The molecule has 1 spiro atoms. The van der Waals surface area contributed by atoms with Crippen LogP contribution in [0.2, 0.25) is 0 Å². The molecule has 22 heavy (non-hydrogen) atoms. The molecule has 2 aliphatic rings. The van der Waals surface area contributed by atoms with Crippen LogP contribution < -0.4 is 16.0 Å². The first kappa shape index (κ1) is 16.6. The first-order chi connectivity index (χ1) is 10.5. The summed E-state index contributed by atoms with van der Waals surface area (Å²) in [5, 5.41) is 9.03. The van der Waals surface area contributed by atoms with Crippen molar-refractivity contribution in [2.24, 2.45) is 10.4 Å². The van der Waals surface area contributed by atoms with E-state index in [1.54, 1.807) is 0 Å². The minimum atomic E-state index is -0.0346. The van der Waals surface area contributed by atoms with Gasteiger partial charge < -0.3 is 20.9 Å². The highest BCUT2D eigenvalue weighted by Gasteiger charge is 2.42. The van der Waals surface area contributed by atoms with Crippen molar-refractivity contribution >= 4 is 17.8 Å². The van der Waals surface area contributed by atoms with Gasteiger partial charge in [-0.25, -0.2) is 0 Å². The van der Waals surface area contributed by atoms with E-state index in [9.17, 15) is 9.59 Å². The van der Waals surface area contributed by atoms with E-state index in [4.69, 9.17) is 0 Å². The van der Waals surface area contributed by atoms with Gasteiger partial charge in [0.05, 0.1) is 6.54 Å². The van der Waals surface area contributed by atoms with Crippen molar-refractivity contribution in [1.82, 2.24) is 20.9 Å². The molecule has 3 N–H and O–H groups in total. The molecule has 124 valence electrons. The Morgan fingerprint density at radius 3 is 2.91 bits per heavy atom. The van der Waals surface area contributed by atoms with Crippen LogP contribution in [-0.2, 0) is 9.59 Å². The smallest absolute Gasteiger partial charge is 0.220 e. The van der Waals surface area contributed by atoms with Crippen LogP contribution >= 0.6 is 0 Å². The van der Waals surface area contributed by atoms with Crippen LogP contribution in [0.15, 0.2) is 4.99 Å². The number of piperidine rings is 1. The second-order valence-corrected chi connectivity index (χ2v) is 6.20. The lowest BCUT2D eigenvalue weighted by Crippen LogP contribution is -2.51. The number of nitrogens with zero attached hydrogens (tertiary/aromatic N) is 2. The molecule has 0 aromatic rings. The number of amides is 2. The molecule has 0 radical (unpaired) electrons. The van der Waals surface area contributed by atoms with Crippen LogP contribution in [-0.4, -0.2) is 61.9 Å². The lowest BCUT2D eigenvalue weighted by atomic mass is 9.79. The second-order valence-electron chi connectivity index (χ2n) is 6.20. The molecule has 7 nitrogen and oxygen atoms in total. The highest BCUT2D eigenvalue weighted by atomic mass is 16.2. The molecule has 0 bridgehead atoms. The summed E-state index contributed by atoms with van der Waals surface area (Å²) in [4.78, 5) is 29.3. The standard InChI is InChI=1S/C15H27N5O2/c1-3-16-14(18-7-6-17-12(2)21)20-8-4-5-15(11-20)9-13(22)19-10-15/h3-11H2,1-2H3,(H,16,18)(H,17,21)(H,19,22). The molecule has 0 aromatic carbocycles. The summed E-state index contributed by atoms with van der Waals surface area (Å²) in [6.07, 6.45) is 2.79. The Balaban J connectivity index is 1.96. The highest BCUT2D eigenvalue weighted by Crippen LogP contribution is 2.35. The topological polar surface area (TPSA) is 85.8 Å². The molecule has 2 aliphatic heterocycles. The average Bonchev–Trinajstić information content (AvgIpc) is 2.82. The normalized spacial score (nSPS) is 25.3. The molecule has 0 saturated carbocycles. The number of carbonyl (C=O) groups excluding carboxylic acids is 2. The maximum atomic E-state index is 11.6. The van der Waals surface area contributed by atoms with Gasteiger partial charge in [0.15, 0.2) is 5.96 Å². The van der Waals surface area contributed by atoms with Gasteiger partial charge in [-0.15, -0.1) is 0 Å². The van der Waals surface area contributed by atoms with Gasteiger partial charge in [-0.05, 0) is 19.8 Å².